The van der Waals surface area contributed by atoms with Crippen molar-refractivity contribution in [3.05, 3.63) is 23.8 Å². The number of nitrogen functional groups attached to an aromatic ring is 1. The SMILES string of the molecule is Cc1c(N)cccc1N[N+](=NC(=O)OC(C)(C)C)C(=O)OC(C)(C)C. The number of hydrogen-bond donors (Lipinski definition) is 2. The van der Waals surface area contributed by atoms with E-state index in [1.165, 1.54) is 0 Å². The van der Waals surface area contributed by atoms with Gasteiger partial charge in [0.2, 0.25) is 0 Å². The zero-order valence-electron chi connectivity index (χ0n) is 15.8. The first kappa shape index (κ1) is 20.4. The van der Waals surface area contributed by atoms with Crippen LogP contribution in [0.4, 0.5) is 21.0 Å². The van der Waals surface area contributed by atoms with E-state index >= 15 is 0 Å². The Morgan fingerprint density at radius 1 is 1.08 bits per heavy atom. The van der Waals surface area contributed by atoms with E-state index < -0.39 is 23.4 Å². The summed E-state index contributed by atoms with van der Waals surface area (Å²) in [4.78, 5) is 25.1. The molecule has 0 bridgehead atoms. The van der Waals surface area contributed by atoms with Crippen molar-refractivity contribution in [2.75, 3.05) is 11.2 Å². The fourth-order valence-electron chi connectivity index (χ4n) is 1.67. The summed E-state index contributed by atoms with van der Waals surface area (Å²) in [5.74, 6) is 0. The van der Waals surface area contributed by atoms with Crippen molar-refractivity contribution in [2.24, 2.45) is 5.11 Å². The van der Waals surface area contributed by atoms with Crippen LogP contribution in [0.1, 0.15) is 47.1 Å². The Morgan fingerprint density at radius 3 is 2.16 bits per heavy atom. The molecule has 0 saturated heterocycles. The number of azo groups is 1. The average molecular weight is 351 g/mol. The van der Waals surface area contributed by atoms with Crippen LogP contribution in [0.3, 0.4) is 0 Å². The minimum Gasteiger partial charge on any atom is -0.439 e. The number of rotatable bonds is 2. The monoisotopic (exact) mass is 351 g/mol. The summed E-state index contributed by atoms with van der Waals surface area (Å²) >= 11 is 0. The highest BCUT2D eigenvalue weighted by Gasteiger charge is 2.32. The molecule has 0 aliphatic rings. The van der Waals surface area contributed by atoms with Gasteiger partial charge in [-0.15, -0.1) is 5.43 Å². The maximum atomic E-state index is 12.4. The van der Waals surface area contributed by atoms with Gasteiger partial charge in [-0.3, -0.25) is 0 Å². The number of nitrogens with two attached hydrogens (primary N) is 1. The highest BCUT2D eigenvalue weighted by atomic mass is 16.6. The van der Waals surface area contributed by atoms with Crippen LogP contribution in [-0.2, 0) is 9.47 Å². The second kappa shape index (κ2) is 7.50. The first-order valence-electron chi connectivity index (χ1n) is 7.88. The molecule has 0 spiro atoms. The molecule has 25 heavy (non-hydrogen) atoms. The Balaban J connectivity index is 3.17. The second-order valence-electron chi connectivity index (χ2n) is 7.50. The van der Waals surface area contributed by atoms with Crippen molar-refractivity contribution in [1.29, 1.82) is 0 Å². The lowest BCUT2D eigenvalue weighted by Gasteiger charge is -2.17. The first-order chi connectivity index (χ1) is 11.3. The van der Waals surface area contributed by atoms with Crippen LogP contribution in [0, 0.1) is 6.92 Å². The minimum absolute atomic E-state index is 0.512. The van der Waals surface area contributed by atoms with E-state index in [0.717, 1.165) is 0 Å². The van der Waals surface area contributed by atoms with Gasteiger partial charge in [-0.25, -0.2) is 4.79 Å². The van der Waals surface area contributed by atoms with Crippen LogP contribution in [0.5, 0.6) is 0 Å². The maximum absolute atomic E-state index is 12.4. The number of carbonyl (C=O) groups excluding carboxylic acids is 2. The van der Waals surface area contributed by atoms with Crippen LogP contribution < -0.4 is 11.2 Å². The van der Waals surface area contributed by atoms with Gasteiger partial charge in [-0.1, -0.05) is 6.07 Å². The van der Waals surface area contributed by atoms with E-state index in [9.17, 15) is 9.59 Å². The lowest BCUT2D eigenvalue weighted by atomic mass is 10.2. The molecule has 0 atom stereocenters. The van der Waals surface area contributed by atoms with Crippen LogP contribution in [0.15, 0.2) is 23.3 Å². The Hall–Kier alpha value is -2.64. The number of nitrogens with zero attached hydrogens (tertiary/aromatic N) is 2. The summed E-state index contributed by atoms with van der Waals surface area (Å²) in [5, 5.41) is 3.66. The fraction of sp³-hybridized carbons (Fsp3) is 0.529. The molecule has 2 amide bonds. The maximum Gasteiger partial charge on any atom is 0.654 e. The molecule has 0 aliphatic carbocycles. The molecule has 1 aromatic carbocycles. The van der Waals surface area contributed by atoms with Crippen LogP contribution in [0.2, 0.25) is 0 Å². The highest BCUT2D eigenvalue weighted by Crippen LogP contribution is 2.21. The van der Waals surface area contributed by atoms with Crippen molar-refractivity contribution in [1.82, 2.24) is 0 Å². The lowest BCUT2D eigenvalue weighted by Crippen LogP contribution is -2.34. The number of carbonyl (C=O) groups is 2. The van der Waals surface area contributed by atoms with E-state index in [2.05, 4.69) is 10.5 Å². The van der Waals surface area contributed by atoms with Gasteiger partial charge < -0.3 is 15.2 Å². The van der Waals surface area contributed by atoms with Gasteiger partial charge in [-0.2, -0.15) is 4.79 Å². The summed E-state index contributed by atoms with van der Waals surface area (Å²) < 4.78 is 10.4. The third-order valence-electron chi connectivity index (χ3n) is 2.74. The third kappa shape index (κ3) is 7.19. The quantitative estimate of drug-likeness (QED) is 0.357. The molecular weight excluding hydrogens is 324 g/mol. The third-order valence-corrected chi connectivity index (χ3v) is 2.74. The highest BCUT2D eigenvalue weighted by molar-refractivity contribution is 5.69. The Bertz CT molecular complexity index is 685. The summed E-state index contributed by atoms with van der Waals surface area (Å²) in [6, 6.07) is 5.14. The molecule has 3 N–H and O–H groups in total. The van der Waals surface area contributed by atoms with Gasteiger partial charge in [0.05, 0.1) is 0 Å². The second-order valence-corrected chi connectivity index (χ2v) is 7.50. The van der Waals surface area contributed by atoms with Crippen LogP contribution in [-0.4, -0.2) is 28.2 Å². The predicted molar refractivity (Wildman–Crippen MR) is 94.4 cm³/mol. The topological polar surface area (TPSA) is 106 Å². The number of hydrazine groups is 1. The van der Waals surface area contributed by atoms with Gasteiger partial charge in [0.1, 0.15) is 26.8 Å². The molecule has 1 aromatic rings. The number of nitrogens with one attached hydrogen (secondary N) is 1. The molecule has 8 nitrogen and oxygen atoms in total. The van der Waals surface area contributed by atoms with E-state index in [1.807, 2.05) is 0 Å². The molecular formula is C17H27N4O4+. The van der Waals surface area contributed by atoms with Crippen molar-refractivity contribution in [3.8, 4) is 0 Å². The molecule has 138 valence electrons. The van der Waals surface area contributed by atoms with Crippen molar-refractivity contribution < 1.29 is 23.9 Å². The largest absolute Gasteiger partial charge is 0.654 e. The standard InChI is InChI=1S/C17H26N4O4/c1-11-12(18)9-8-10-13(11)19-21(15(23)25-17(5,6)7)20-14(22)24-16(2,3)4/h8-10H,18H2,1-7H3/p+1. The van der Waals surface area contributed by atoms with Crippen molar-refractivity contribution in [2.45, 2.75) is 59.7 Å². The molecule has 0 aliphatic heterocycles. The molecule has 0 heterocycles. The van der Waals surface area contributed by atoms with E-state index in [-0.39, 0.29) is 0 Å². The number of hydrogen-bond acceptors (Lipinski definition) is 5. The van der Waals surface area contributed by atoms with Crippen LogP contribution in [0.25, 0.3) is 0 Å². The lowest BCUT2D eigenvalue weighted by molar-refractivity contribution is -0.483. The molecule has 0 unspecified atom stereocenters. The molecule has 0 radical (unpaired) electrons. The van der Waals surface area contributed by atoms with Gasteiger partial charge >= 0.3 is 12.2 Å². The normalized spacial score (nSPS) is 12.5. The zero-order valence-corrected chi connectivity index (χ0v) is 15.8. The molecule has 0 saturated carbocycles. The Labute approximate surface area is 148 Å². The van der Waals surface area contributed by atoms with Gasteiger partial charge in [-0.05, 0) is 60.6 Å². The zero-order chi connectivity index (χ0) is 19.4. The molecule has 8 heteroatoms. The number of anilines is 2. The average Bonchev–Trinajstić information content (AvgIpc) is 2.39. The predicted octanol–water partition coefficient (Wildman–Crippen LogP) is 4.24. The summed E-state index contributed by atoms with van der Waals surface area (Å²) in [6.45, 7) is 12.0. The first-order valence-corrected chi connectivity index (χ1v) is 7.88. The van der Waals surface area contributed by atoms with E-state index in [1.54, 1.807) is 66.7 Å². The summed E-state index contributed by atoms with van der Waals surface area (Å²) in [6.07, 6.45) is -1.77. The molecule has 1 rings (SSSR count). The number of amides is 2. The minimum atomic E-state index is -0.924. The van der Waals surface area contributed by atoms with Crippen molar-refractivity contribution in [3.63, 3.8) is 0 Å². The molecule has 0 aromatic heterocycles. The van der Waals surface area contributed by atoms with Gasteiger partial charge in [0, 0.05) is 11.3 Å². The van der Waals surface area contributed by atoms with E-state index in [0.29, 0.717) is 21.7 Å². The van der Waals surface area contributed by atoms with Gasteiger partial charge in [0.15, 0.2) is 0 Å². The van der Waals surface area contributed by atoms with E-state index in [4.69, 9.17) is 15.2 Å². The summed E-state index contributed by atoms with van der Waals surface area (Å²) in [7, 11) is 0. The van der Waals surface area contributed by atoms with Crippen molar-refractivity contribution >= 4 is 23.6 Å². The molecule has 0 fully saturated rings. The van der Waals surface area contributed by atoms with Gasteiger partial charge in [0.25, 0.3) is 0 Å². The van der Waals surface area contributed by atoms with Crippen LogP contribution >= 0.6 is 0 Å². The Kier molecular flexibility index (Phi) is 6.12. The number of ether oxygens (including phenoxy) is 2. The fourth-order valence-corrected chi connectivity index (χ4v) is 1.67. The Morgan fingerprint density at radius 2 is 1.64 bits per heavy atom. The smallest absolute Gasteiger partial charge is 0.439 e. The number of benzene rings is 1. The summed E-state index contributed by atoms with van der Waals surface area (Å²) in [5.41, 5.74) is 8.85.